The summed E-state index contributed by atoms with van der Waals surface area (Å²) in [5.41, 5.74) is 3.51. The van der Waals surface area contributed by atoms with Gasteiger partial charge < -0.3 is 5.32 Å². The van der Waals surface area contributed by atoms with Crippen LogP contribution in [0.15, 0.2) is 47.8 Å². The normalized spacial score (nSPS) is 10.8. The van der Waals surface area contributed by atoms with E-state index in [-0.39, 0.29) is 0 Å². The maximum atomic E-state index is 6.02. The van der Waals surface area contributed by atoms with Crippen LogP contribution in [0.1, 0.15) is 5.56 Å². The van der Waals surface area contributed by atoms with E-state index < -0.39 is 0 Å². The molecule has 1 aliphatic carbocycles. The van der Waals surface area contributed by atoms with Crippen molar-refractivity contribution in [1.82, 2.24) is 0 Å². The molecule has 0 bridgehead atoms. The number of rotatable bonds is 3. The van der Waals surface area contributed by atoms with E-state index in [9.17, 15) is 0 Å². The van der Waals surface area contributed by atoms with Gasteiger partial charge in [0.2, 0.25) is 0 Å². The molecule has 0 aromatic heterocycles. The Labute approximate surface area is 126 Å². The van der Waals surface area contributed by atoms with Crippen LogP contribution in [0, 0.1) is 0 Å². The molecule has 19 heavy (non-hydrogen) atoms. The van der Waals surface area contributed by atoms with Gasteiger partial charge in [-0.15, -0.1) is 11.3 Å². The van der Waals surface area contributed by atoms with Gasteiger partial charge in [-0.05, 0) is 35.2 Å². The molecular formula is C15H11Cl2NS. The van der Waals surface area contributed by atoms with E-state index in [1.54, 1.807) is 11.3 Å². The molecule has 0 saturated heterocycles. The molecule has 0 amide bonds. The third-order valence-corrected chi connectivity index (χ3v) is 4.58. The summed E-state index contributed by atoms with van der Waals surface area (Å²) in [6, 6.07) is 14.1. The van der Waals surface area contributed by atoms with Gasteiger partial charge in [0.25, 0.3) is 0 Å². The number of hydrogen-bond donors (Lipinski definition) is 1. The number of fused-ring (bicyclic) bond motifs is 1. The lowest BCUT2D eigenvalue weighted by Crippen LogP contribution is -2.00. The number of benzene rings is 1. The second-order valence-corrected chi connectivity index (χ2v) is 6.00. The molecule has 3 rings (SSSR count). The molecule has 1 heterocycles. The lowest BCUT2D eigenvalue weighted by molar-refractivity contribution is 1.15. The van der Waals surface area contributed by atoms with Crippen LogP contribution in [0.3, 0.4) is 0 Å². The maximum Gasteiger partial charge on any atom is 0.0595 e. The molecule has 0 spiro atoms. The van der Waals surface area contributed by atoms with Crippen LogP contribution in [0.25, 0.3) is 10.4 Å². The zero-order valence-corrected chi connectivity index (χ0v) is 12.3. The first-order chi connectivity index (χ1) is 9.24. The van der Waals surface area contributed by atoms with Crippen LogP contribution in [0.2, 0.25) is 10.0 Å². The van der Waals surface area contributed by atoms with Gasteiger partial charge >= 0.3 is 0 Å². The highest BCUT2D eigenvalue weighted by Gasteiger charge is 2.07. The Kier molecular flexibility index (Phi) is 3.65. The van der Waals surface area contributed by atoms with E-state index in [0.717, 1.165) is 17.8 Å². The minimum atomic E-state index is 0.588. The van der Waals surface area contributed by atoms with Crippen molar-refractivity contribution in [2.45, 2.75) is 6.54 Å². The van der Waals surface area contributed by atoms with Crippen molar-refractivity contribution in [2.75, 3.05) is 5.32 Å². The lowest BCUT2D eigenvalue weighted by atomic mass is 10.2. The summed E-state index contributed by atoms with van der Waals surface area (Å²) >= 11 is 13.7. The molecular weight excluding hydrogens is 297 g/mol. The van der Waals surface area contributed by atoms with Crippen LogP contribution in [-0.4, -0.2) is 0 Å². The topological polar surface area (TPSA) is 12.0 Å². The molecule has 0 unspecified atom stereocenters. The second-order valence-electron chi connectivity index (χ2n) is 4.24. The van der Waals surface area contributed by atoms with Crippen molar-refractivity contribution < 1.29 is 0 Å². The summed E-state index contributed by atoms with van der Waals surface area (Å²) in [4.78, 5) is 1.29. The Balaban J connectivity index is 1.79. The van der Waals surface area contributed by atoms with Crippen molar-refractivity contribution in [3.05, 3.63) is 63.5 Å². The largest absolute Gasteiger partial charge is 0.380 e. The van der Waals surface area contributed by atoms with Gasteiger partial charge in [0.15, 0.2) is 0 Å². The van der Waals surface area contributed by atoms with Gasteiger partial charge in [-0.1, -0.05) is 41.4 Å². The Bertz CT molecular complexity index is 678. The quantitative estimate of drug-likeness (QED) is 0.647. The van der Waals surface area contributed by atoms with E-state index in [1.807, 2.05) is 18.2 Å². The third kappa shape index (κ3) is 2.71. The fourth-order valence-electron chi connectivity index (χ4n) is 2.00. The standard InChI is InChI=1S/C15H11Cl2NS/c16-12-5-4-10(8-13(12)17)9-18-14-6-7-19-15-3-1-2-11(14)15/h1-8,18H,9H2. The maximum absolute atomic E-state index is 6.02. The Morgan fingerprint density at radius 3 is 2.74 bits per heavy atom. The first-order valence-electron chi connectivity index (χ1n) is 5.88. The van der Waals surface area contributed by atoms with E-state index in [0.29, 0.717) is 10.0 Å². The second kappa shape index (κ2) is 5.41. The van der Waals surface area contributed by atoms with E-state index >= 15 is 0 Å². The Morgan fingerprint density at radius 1 is 1.00 bits per heavy atom. The van der Waals surface area contributed by atoms with E-state index in [1.165, 1.54) is 10.4 Å². The molecule has 1 N–H and O–H groups in total. The first-order valence-corrected chi connectivity index (χ1v) is 7.51. The molecule has 0 atom stereocenters. The van der Waals surface area contributed by atoms with Gasteiger partial charge in [0, 0.05) is 22.7 Å². The lowest BCUT2D eigenvalue weighted by Gasteiger charge is -2.11. The first kappa shape index (κ1) is 12.8. The molecule has 1 aliphatic heterocycles. The minimum absolute atomic E-state index is 0.588. The summed E-state index contributed by atoms with van der Waals surface area (Å²) in [5.74, 6) is 0. The highest BCUT2D eigenvalue weighted by atomic mass is 35.5. The fourth-order valence-corrected chi connectivity index (χ4v) is 3.13. The molecule has 4 heteroatoms. The van der Waals surface area contributed by atoms with Crippen LogP contribution in [-0.2, 0) is 6.54 Å². The van der Waals surface area contributed by atoms with Crippen molar-refractivity contribution in [1.29, 1.82) is 0 Å². The van der Waals surface area contributed by atoms with E-state index in [2.05, 4.69) is 35.0 Å². The van der Waals surface area contributed by atoms with Gasteiger partial charge in [-0.25, -0.2) is 0 Å². The van der Waals surface area contributed by atoms with Crippen LogP contribution in [0.4, 0.5) is 5.69 Å². The summed E-state index contributed by atoms with van der Waals surface area (Å²) < 4.78 is 0. The monoisotopic (exact) mass is 307 g/mol. The predicted octanol–water partition coefficient (Wildman–Crippen LogP) is 5.77. The van der Waals surface area contributed by atoms with Crippen molar-refractivity contribution in [2.24, 2.45) is 0 Å². The number of anilines is 1. The third-order valence-electron chi connectivity index (χ3n) is 2.96. The van der Waals surface area contributed by atoms with Crippen LogP contribution in [0.5, 0.6) is 0 Å². The Morgan fingerprint density at radius 2 is 1.89 bits per heavy atom. The average molecular weight is 308 g/mol. The average Bonchev–Trinajstić information content (AvgIpc) is 2.89. The van der Waals surface area contributed by atoms with Gasteiger partial charge in [0.1, 0.15) is 0 Å². The number of nitrogens with one attached hydrogen (secondary N) is 1. The van der Waals surface area contributed by atoms with Gasteiger partial charge in [-0.3, -0.25) is 0 Å². The highest BCUT2D eigenvalue weighted by Crippen LogP contribution is 2.34. The molecule has 96 valence electrons. The molecule has 1 nitrogen and oxygen atoms in total. The van der Waals surface area contributed by atoms with Crippen LogP contribution < -0.4 is 5.32 Å². The van der Waals surface area contributed by atoms with E-state index in [4.69, 9.17) is 23.2 Å². The molecule has 0 radical (unpaired) electrons. The molecule has 0 saturated carbocycles. The number of hydrogen-bond acceptors (Lipinski definition) is 2. The van der Waals surface area contributed by atoms with Crippen molar-refractivity contribution in [3.8, 4) is 10.4 Å². The van der Waals surface area contributed by atoms with Gasteiger partial charge in [-0.2, -0.15) is 0 Å². The predicted molar refractivity (Wildman–Crippen MR) is 84.7 cm³/mol. The van der Waals surface area contributed by atoms with Crippen molar-refractivity contribution >= 4 is 40.2 Å². The minimum Gasteiger partial charge on any atom is -0.380 e. The summed E-state index contributed by atoms with van der Waals surface area (Å²) in [6.07, 6.45) is 0. The highest BCUT2D eigenvalue weighted by molar-refractivity contribution is 7.13. The van der Waals surface area contributed by atoms with Crippen molar-refractivity contribution in [3.63, 3.8) is 0 Å². The SMILES string of the molecule is Clc1ccc(CNc2ccsc3cccc2-3)cc1Cl. The smallest absolute Gasteiger partial charge is 0.0595 e. The molecule has 2 aliphatic rings. The zero-order chi connectivity index (χ0) is 13.2. The van der Waals surface area contributed by atoms with Gasteiger partial charge in [0.05, 0.1) is 10.0 Å². The van der Waals surface area contributed by atoms with Crippen LogP contribution >= 0.6 is 34.5 Å². The summed E-state index contributed by atoms with van der Waals surface area (Å²) in [6.45, 7) is 0.728. The summed E-state index contributed by atoms with van der Waals surface area (Å²) in [5, 5.41) is 6.72. The zero-order valence-electron chi connectivity index (χ0n) is 9.99. The summed E-state index contributed by atoms with van der Waals surface area (Å²) in [7, 11) is 0. The fraction of sp³-hybridized carbons (Fsp3) is 0.0667. The molecule has 1 aromatic carbocycles. The molecule has 0 fully saturated rings. The number of halogens is 2. The molecule has 1 aromatic rings. The Hall–Kier alpha value is -1.22.